The molecular weight excluding hydrogens is 440 g/mol. The number of hydrogen-bond donors (Lipinski definition) is 0. The van der Waals surface area contributed by atoms with Gasteiger partial charge in [-0.3, -0.25) is 4.98 Å². The Kier molecular flexibility index (Phi) is 5.14. The van der Waals surface area contributed by atoms with Gasteiger partial charge >= 0.3 is 0 Å². The van der Waals surface area contributed by atoms with Gasteiger partial charge in [-0.1, -0.05) is 25.4 Å². The number of pyridine rings is 1. The number of hydrogen-bond acceptors (Lipinski definition) is 3. The molecule has 0 N–H and O–H groups in total. The van der Waals surface area contributed by atoms with Gasteiger partial charge in [0.2, 0.25) is 0 Å². The zero-order valence-corrected chi connectivity index (χ0v) is 15.0. The van der Waals surface area contributed by atoms with E-state index in [-0.39, 0.29) is 0 Å². The Bertz CT molecular complexity index is 604. The maximum Gasteiger partial charge on any atom is 0.162 e. The van der Waals surface area contributed by atoms with Gasteiger partial charge in [0.25, 0.3) is 0 Å². The van der Waals surface area contributed by atoms with Crippen LogP contribution in [0.25, 0.3) is 11.4 Å². The van der Waals surface area contributed by atoms with Gasteiger partial charge in [-0.2, -0.15) is 0 Å². The van der Waals surface area contributed by atoms with Crippen molar-refractivity contribution in [3.63, 3.8) is 0 Å². The minimum Gasteiger partial charge on any atom is -0.263 e. The molecule has 0 aliphatic heterocycles. The maximum absolute atomic E-state index is 6.20. The minimum absolute atomic E-state index is 0.501. The van der Waals surface area contributed by atoms with Crippen LogP contribution in [0, 0.1) is 9.49 Å². The molecule has 0 radical (unpaired) electrons. The van der Waals surface area contributed by atoms with E-state index in [1.807, 2.05) is 6.07 Å². The first-order valence-electron chi connectivity index (χ1n) is 5.80. The first-order valence-corrected chi connectivity index (χ1v) is 8.05. The summed E-state index contributed by atoms with van der Waals surface area (Å²) in [6.45, 7) is 4.32. The van der Waals surface area contributed by atoms with E-state index in [1.54, 1.807) is 12.4 Å². The minimum atomic E-state index is 0.501. The largest absolute Gasteiger partial charge is 0.263 e. The first-order chi connectivity index (χ1) is 8.97. The molecule has 3 nitrogen and oxygen atoms in total. The van der Waals surface area contributed by atoms with Gasteiger partial charge in [0, 0.05) is 22.4 Å². The van der Waals surface area contributed by atoms with Crippen molar-refractivity contribution < 1.29 is 0 Å². The highest BCUT2D eigenvalue weighted by Gasteiger charge is 2.13. The zero-order chi connectivity index (χ0) is 14.0. The second-order valence-corrected chi connectivity index (χ2v) is 6.94. The number of nitrogens with zero attached hydrogens (tertiary/aromatic N) is 3. The van der Waals surface area contributed by atoms with Crippen LogP contribution in [-0.2, 0) is 6.42 Å². The van der Waals surface area contributed by atoms with Gasteiger partial charge in [0.15, 0.2) is 5.82 Å². The van der Waals surface area contributed by atoms with Crippen LogP contribution in [0.3, 0.4) is 0 Å². The van der Waals surface area contributed by atoms with Crippen LogP contribution in [0.2, 0.25) is 5.15 Å². The predicted molar refractivity (Wildman–Crippen MR) is 89.2 cm³/mol. The Morgan fingerprint density at radius 1 is 1.32 bits per heavy atom. The molecule has 0 amide bonds. The van der Waals surface area contributed by atoms with E-state index in [2.05, 4.69) is 67.3 Å². The molecule has 0 fully saturated rings. The highest BCUT2D eigenvalue weighted by atomic mass is 127. The zero-order valence-electron chi connectivity index (χ0n) is 10.5. The second-order valence-electron chi connectivity index (χ2n) is 4.59. The van der Waals surface area contributed by atoms with Crippen molar-refractivity contribution in [2.45, 2.75) is 20.3 Å². The van der Waals surface area contributed by atoms with Crippen LogP contribution >= 0.6 is 50.1 Å². The number of halogens is 3. The lowest BCUT2D eigenvalue weighted by Gasteiger charge is -2.10. The van der Waals surface area contributed by atoms with Gasteiger partial charge in [-0.25, -0.2) is 9.97 Å². The fraction of sp³-hybridized carbons (Fsp3) is 0.308. The van der Waals surface area contributed by atoms with Crippen molar-refractivity contribution in [3.05, 3.63) is 37.3 Å². The Morgan fingerprint density at radius 2 is 2.05 bits per heavy atom. The van der Waals surface area contributed by atoms with Crippen molar-refractivity contribution in [3.8, 4) is 11.4 Å². The van der Waals surface area contributed by atoms with Gasteiger partial charge in [-0.05, 0) is 56.9 Å². The Morgan fingerprint density at radius 3 is 2.68 bits per heavy atom. The molecule has 0 unspecified atom stereocenters. The quantitative estimate of drug-likeness (QED) is 0.498. The van der Waals surface area contributed by atoms with Crippen molar-refractivity contribution in [2.24, 2.45) is 5.92 Å². The normalized spacial score (nSPS) is 11.1. The van der Waals surface area contributed by atoms with E-state index in [9.17, 15) is 0 Å². The van der Waals surface area contributed by atoms with E-state index < -0.39 is 0 Å². The SMILES string of the molecule is CC(C)Cc1nc(-c2cncc(Br)c2)nc(Cl)c1I. The summed E-state index contributed by atoms with van der Waals surface area (Å²) in [7, 11) is 0. The fourth-order valence-corrected chi connectivity index (χ4v) is 2.66. The van der Waals surface area contributed by atoms with Crippen LogP contribution in [0.4, 0.5) is 0 Å². The van der Waals surface area contributed by atoms with E-state index in [0.29, 0.717) is 16.9 Å². The molecule has 0 aliphatic rings. The average molecular weight is 453 g/mol. The van der Waals surface area contributed by atoms with Crippen molar-refractivity contribution in [2.75, 3.05) is 0 Å². The smallest absolute Gasteiger partial charge is 0.162 e. The summed E-state index contributed by atoms with van der Waals surface area (Å²) < 4.78 is 1.83. The molecule has 2 aromatic rings. The van der Waals surface area contributed by atoms with Crippen LogP contribution < -0.4 is 0 Å². The van der Waals surface area contributed by atoms with Crippen LogP contribution in [0.15, 0.2) is 22.9 Å². The average Bonchev–Trinajstić information content (AvgIpc) is 2.34. The standard InChI is InChI=1S/C13H12BrClIN3/c1-7(2)3-10-11(16)12(15)19-13(18-10)8-4-9(14)6-17-5-8/h4-7H,3H2,1-2H3. The molecule has 2 rings (SSSR count). The van der Waals surface area contributed by atoms with Gasteiger partial charge in [-0.15, -0.1) is 0 Å². The van der Waals surface area contributed by atoms with Crippen molar-refractivity contribution in [1.82, 2.24) is 15.0 Å². The maximum atomic E-state index is 6.20. The fourth-order valence-electron chi connectivity index (χ4n) is 1.65. The van der Waals surface area contributed by atoms with Crippen LogP contribution in [-0.4, -0.2) is 15.0 Å². The highest BCUT2D eigenvalue weighted by molar-refractivity contribution is 14.1. The third-order valence-electron chi connectivity index (χ3n) is 2.44. The van der Waals surface area contributed by atoms with E-state index in [1.165, 1.54) is 0 Å². The van der Waals surface area contributed by atoms with Crippen molar-refractivity contribution >= 4 is 50.1 Å². The molecule has 0 aliphatic carbocycles. The molecule has 0 atom stereocenters. The van der Waals surface area contributed by atoms with E-state index in [4.69, 9.17) is 11.6 Å². The Labute approximate surface area is 139 Å². The molecule has 19 heavy (non-hydrogen) atoms. The molecule has 0 aromatic carbocycles. The van der Waals surface area contributed by atoms with Gasteiger partial charge in [0.05, 0.1) is 9.26 Å². The van der Waals surface area contributed by atoms with Crippen molar-refractivity contribution in [1.29, 1.82) is 0 Å². The second kappa shape index (κ2) is 6.45. The lowest BCUT2D eigenvalue weighted by Crippen LogP contribution is -2.04. The molecule has 6 heteroatoms. The highest BCUT2D eigenvalue weighted by Crippen LogP contribution is 2.26. The summed E-state index contributed by atoms with van der Waals surface area (Å²) in [4.78, 5) is 13.1. The summed E-state index contributed by atoms with van der Waals surface area (Å²) in [6.07, 6.45) is 4.35. The topological polar surface area (TPSA) is 38.7 Å². The lowest BCUT2D eigenvalue weighted by atomic mass is 10.1. The lowest BCUT2D eigenvalue weighted by molar-refractivity contribution is 0.632. The monoisotopic (exact) mass is 451 g/mol. The third kappa shape index (κ3) is 3.86. The number of rotatable bonds is 3. The van der Waals surface area contributed by atoms with Gasteiger partial charge < -0.3 is 0 Å². The summed E-state index contributed by atoms with van der Waals surface area (Å²) in [5.41, 5.74) is 1.85. The summed E-state index contributed by atoms with van der Waals surface area (Å²) in [5, 5.41) is 0.501. The number of aromatic nitrogens is 3. The van der Waals surface area contributed by atoms with Gasteiger partial charge in [0.1, 0.15) is 5.15 Å². The molecule has 2 aromatic heterocycles. The molecule has 0 spiro atoms. The molecule has 2 heterocycles. The summed E-state index contributed by atoms with van der Waals surface area (Å²) >= 11 is 11.8. The molecule has 100 valence electrons. The van der Waals surface area contributed by atoms with E-state index >= 15 is 0 Å². The van der Waals surface area contributed by atoms with Crippen LogP contribution in [0.1, 0.15) is 19.5 Å². The van der Waals surface area contributed by atoms with Crippen LogP contribution in [0.5, 0.6) is 0 Å². The summed E-state index contributed by atoms with van der Waals surface area (Å²) in [6, 6.07) is 1.94. The molecule has 0 saturated carbocycles. The first kappa shape index (κ1) is 15.1. The Balaban J connectivity index is 2.50. The molecule has 0 bridgehead atoms. The van der Waals surface area contributed by atoms with E-state index in [0.717, 1.165) is 25.7 Å². The predicted octanol–water partition coefficient (Wildman–Crippen LogP) is 4.76. The summed E-state index contributed by atoms with van der Waals surface area (Å²) in [5.74, 6) is 1.14. The molecule has 0 saturated heterocycles. The Hall–Kier alpha value is -0.270. The molecular formula is C13H12BrClIN3. The third-order valence-corrected chi connectivity index (χ3v) is 4.60.